The van der Waals surface area contributed by atoms with Crippen molar-refractivity contribution < 1.29 is 4.79 Å². The maximum Gasteiger partial charge on any atom is 0.236 e. The maximum absolute atomic E-state index is 12.1. The van der Waals surface area contributed by atoms with E-state index in [1.807, 2.05) is 43.4 Å². The molecule has 0 N–H and O–H groups in total. The van der Waals surface area contributed by atoms with Crippen LogP contribution in [0.15, 0.2) is 60.7 Å². The van der Waals surface area contributed by atoms with E-state index in [-0.39, 0.29) is 5.91 Å². The molecule has 0 aliphatic carbocycles. The first kappa shape index (κ1) is 15.6. The molecule has 0 aliphatic heterocycles. The Balaban J connectivity index is 1.65. The molecule has 2 aromatic carbocycles. The van der Waals surface area contributed by atoms with Crippen molar-refractivity contribution in [1.82, 2.24) is 0 Å². The smallest absolute Gasteiger partial charge is 0.236 e. The fourth-order valence-electron chi connectivity index (χ4n) is 2.07. The van der Waals surface area contributed by atoms with Crippen molar-refractivity contribution >= 4 is 23.4 Å². The summed E-state index contributed by atoms with van der Waals surface area (Å²) < 4.78 is 0. The molecule has 1 amide bonds. The Morgan fingerprint density at radius 2 is 1.62 bits per heavy atom. The predicted octanol–water partition coefficient (Wildman–Crippen LogP) is 4.02. The maximum atomic E-state index is 12.1. The van der Waals surface area contributed by atoms with Gasteiger partial charge in [0.1, 0.15) is 0 Å². The molecular formula is C18H21NOS. The molecule has 2 aromatic rings. The van der Waals surface area contributed by atoms with E-state index in [2.05, 4.69) is 24.3 Å². The largest absolute Gasteiger partial charge is 0.315 e. The number of amides is 1. The average Bonchev–Trinajstić information content (AvgIpc) is 2.55. The first-order chi connectivity index (χ1) is 10.3. The van der Waals surface area contributed by atoms with Crippen LogP contribution in [-0.2, 0) is 11.2 Å². The Kier molecular flexibility index (Phi) is 6.35. The molecular weight excluding hydrogens is 278 g/mol. The molecule has 0 spiro atoms. The summed E-state index contributed by atoms with van der Waals surface area (Å²) in [6, 6.07) is 20.3. The highest BCUT2D eigenvalue weighted by molar-refractivity contribution is 7.99. The van der Waals surface area contributed by atoms with Gasteiger partial charge in [0.05, 0.1) is 5.75 Å². The lowest BCUT2D eigenvalue weighted by atomic mass is 10.1. The van der Waals surface area contributed by atoms with E-state index in [9.17, 15) is 4.79 Å². The fourth-order valence-corrected chi connectivity index (χ4v) is 2.94. The molecule has 0 fully saturated rings. The van der Waals surface area contributed by atoms with Gasteiger partial charge in [0.2, 0.25) is 5.91 Å². The van der Waals surface area contributed by atoms with Crippen molar-refractivity contribution in [2.24, 2.45) is 0 Å². The van der Waals surface area contributed by atoms with Crippen LogP contribution in [-0.4, -0.2) is 24.5 Å². The van der Waals surface area contributed by atoms with Gasteiger partial charge in [-0.3, -0.25) is 4.79 Å². The van der Waals surface area contributed by atoms with E-state index < -0.39 is 0 Å². The number of hydrogen-bond donors (Lipinski definition) is 0. The van der Waals surface area contributed by atoms with E-state index in [1.54, 1.807) is 16.7 Å². The average molecular weight is 299 g/mol. The number of carbonyl (C=O) groups excluding carboxylic acids is 1. The van der Waals surface area contributed by atoms with Crippen LogP contribution in [0.1, 0.15) is 12.0 Å². The highest BCUT2D eigenvalue weighted by Gasteiger charge is 2.09. The van der Waals surface area contributed by atoms with Gasteiger partial charge < -0.3 is 4.90 Å². The highest BCUT2D eigenvalue weighted by atomic mass is 32.2. The van der Waals surface area contributed by atoms with Gasteiger partial charge in [0.25, 0.3) is 0 Å². The van der Waals surface area contributed by atoms with Crippen molar-refractivity contribution in [3.63, 3.8) is 0 Å². The molecule has 0 aliphatic rings. The van der Waals surface area contributed by atoms with Gasteiger partial charge in [-0.15, -0.1) is 0 Å². The van der Waals surface area contributed by atoms with E-state index in [0.29, 0.717) is 5.75 Å². The summed E-state index contributed by atoms with van der Waals surface area (Å²) in [5.74, 6) is 1.72. The van der Waals surface area contributed by atoms with E-state index in [0.717, 1.165) is 24.3 Å². The van der Waals surface area contributed by atoms with Crippen LogP contribution in [0, 0.1) is 0 Å². The summed E-state index contributed by atoms with van der Waals surface area (Å²) in [7, 11) is 1.84. The second-order valence-corrected chi connectivity index (χ2v) is 6.04. The number of para-hydroxylation sites is 1. The minimum atomic E-state index is 0.158. The molecule has 0 saturated carbocycles. The predicted molar refractivity (Wildman–Crippen MR) is 91.9 cm³/mol. The molecule has 3 heteroatoms. The van der Waals surface area contributed by atoms with Gasteiger partial charge >= 0.3 is 0 Å². The van der Waals surface area contributed by atoms with Gasteiger partial charge in [-0.1, -0.05) is 48.5 Å². The summed E-state index contributed by atoms with van der Waals surface area (Å²) in [4.78, 5) is 13.8. The summed E-state index contributed by atoms with van der Waals surface area (Å²) in [6.07, 6.45) is 2.19. The third kappa shape index (κ3) is 5.27. The number of nitrogens with zero attached hydrogens (tertiary/aromatic N) is 1. The molecule has 2 nitrogen and oxygen atoms in total. The Morgan fingerprint density at radius 3 is 2.29 bits per heavy atom. The van der Waals surface area contributed by atoms with E-state index >= 15 is 0 Å². The molecule has 0 bridgehead atoms. The second kappa shape index (κ2) is 8.53. The van der Waals surface area contributed by atoms with Crippen molar-refractivity contribution in [3.05, 3.63) is 66.2 Å². The zero-order chi connectivity index (χ0) is 14.9. The standard InChI is InChI=1S/C18H21NOS/c1-19(17-12-6-3-7-13-17)18(20)15-21-14-8-11-16-9-4-2-5-10-16/h2-7,9-10,12-13H,8,11,14-15H2,1H3. The summed E-state index contributed by atoms with van der Waals surface area (Å²) in [6.45, 7) is 0. The van der Waals surface area contributed by atoms with Crippen LogP contribution in [0.4, 0.5) is 5.69 Å². The Hall–Kier alpha value is -1.74. The second-order valence-electron chi connectivity index (χ2n) is 4.93. The third-order valence-corrected chi connectivity index (χ3v) is 4.37. The number of hydrogen-bond acceptors (Lipinski definition) is 2. The van der Waals surface area contributed by atoms with Gasteiger partial charge in [0.15, 0.2) is 0 Å². The van der Waals surface area contributed by atoms with Crippen molar-refractivity contribution in [2.75, 3.05) is 23.5 Å². The summed E-state index contributed by atoms with van der Waals surface area (Å²) in [5.41, 5.74) is 2.32. The van der Waals surface area contributed by atoms with Crippen LogP contribution in [0.2, 0.25) is 0 Å². The van der Waals surface area contributed by atoms with Crippen LogP contribution in [0.5, 0.6) is 0 Å². The molecule has 0 aromatic heterocycles. The zero-order valence-electron chi connectivity index (χ0n) is 12.4. The van der Waals surface area contributed by atoms with Gasteiger partial charge in [-0.25, -0.2) is 0 Å². The number of anilines is 1. The Labute approximate surface area is 131 Å². The number of carbonyl (C=O) groups is 1. The Bertz CT molecular complexity index is 542. The molecule has 110 valence electrons. The van der Waals surface area contributed by atoms with E-state index in [4.69, 9.17) is 0 Å². The van der Waals surface area contributed by atoms with Gasteiger partial charge in [0, 0.05) is 12.7 Å². The first-order valence-electron chi connectivity index (χ1n) is 7.20. The molecule has 0 heterocycles. The Morgan fingerprint density at radius 1 is 1.00 bits per heavy atom. The topological polar surface area (TPSA) is 20.3 Å². The third-order valence-electron chi connectivity index (χ3n) is 3.34. The number of thioether (sulfide) groups is 1. The molecule has 0 unspecified atom stereocenters. The fraction of sp³-hybridized carbons (Fsp3) is 0.278. The molecule has 2 rings (SSSR count). The van der Waals surface area contributed by atoms with Crippen molar-refractivity contribution in [1.29, 1.82) is 0 Å². The van der Waals surface area contributed by atoms with Gasteiger partial charge in [-0.05, 0) is 36.3 Å². The van der Waals surface area contributed by atoms with Crippen LogP contribution >= 0.6 is 11.8 Å². The minimum Gasteiger partial charge on any atom is -0.315 e. The van der Waals surface area contributed by atoms with Crippen molar-refractivity contribution in [2.45, 2.75) is 12.8 Å². The normalized spacial score (nSPS) is 10.3. The lowest BCUT2D eigenvalue weighted by molar-refractivity contribution is -0.115. The lowest BCUT2D eigenvalue weighted by Crippen LogP contribution is -2.27. The van der Waals surface area contributed by atoms with E-state index in [1.165, 1.54) is 5.56 Å². The minimum absolute atomic E-state index is 0.158. The molecule has 0 atom stereocenters. The molecule has 0 saturated heterocycles. The summed E-state index contributed by atoms with van der Waals surface area (Å²) in [5, 5.41) is 0. The lowest BCUT2D eigenvalue weighted by Gasteiger charge is -2.16. The zero-order valence-corrected chi connectivity index (χ0v) is 13.2. The number of aryl methyl sites for hydroxylation is 1. The summed E-state index contributed by atoms with van der Waals surface area (Å²) >= 11 is 1.71. The van der Waals surface area contributed by atoms with Gasteiger partial charge in [-0.2, -0.15) is 11.8 Å². The molecule has 0 radical (unpaired) electrons. The quantitative estimate of drug-likeness (QED) is 0.720. The first-order valence-corrected chi connectivity index (χ1v) is 8.36. The van der Waals surface area contributed by atoms with Crippen LogP contribution in [0.25, 0.3) is 0 Å². The van der Waals surface area contributed by atoms with Crippen LogP contribution < -0.4 is 4.90 Å². The number of rotatable bonds is 7. The van der Waals surface area contributed by atoms with Crippen LogP contribution in [0.3, 0.4) is 0 Å². The highest BCUT2D eigenvalue weighted by Crippen LogP contribution is 2.14. The SMILES string of the molecule is CN(C(=O)CSCCCc1ccccc1)c1ccccc1. The number of benzene rings is 2. The van der Waals surface area contributed by atoms with Crippen molar-refractivity contribution in [3.8, 4) is 0 Å². The monoisotopic (exact) mass is 299 g/mol. The molecule has 21 heavy (non-hydrogen) atoms.